The molecule has 0 unspecified atom stereocenters. The van der Waals surface area contributed by atoms with E-state index in [0.717, 1.165) is 13.0 Å². The van der Waals surface area contributed by atoms with Crippen LogP contribution in [0.3, 0.4) is 0 Å². The topological polar surface area (TPSA) is 64.6 Å². The summed E-state index contributed by atoms with van der Waals surface area (Å²) in [7, 11) is 0. The Morgan fingerprint density at radius 1 is 1.24 bits per heavy atom. The third kappa shape index (κ3) is 5.76. The lowest BCUT2D eigenvalue weighted by molar-refractivity contribution is -0.142. The van der Waals surface area contributed by atoms with Crippen molar-refractivity contribution in [2.75, 3.05) is 5.32 Å². The monoisotopic (exact) mass is 301 g/mol. The summed E-state index contributed by atoms with van der Waals surface area (Å²) in [6, 6.07) is 1.99. The summed E-state index contributed by atoms with van der Waals surface area (Å²) in [5.74, 6) is -2.92. The van der Waals surface area contributed by atoms with E-state index in [9.17, 15) is 18.4 Å². The average Bonchev–Trinajstić information content (AvgIpc) is 2.29. The Kier molecular flexibility index (Phi) is 5.23. The maximum atomic E-state index is 13.5. The summed E-state index contributed by atoms with van der Waals surface area (Å²) in [5, 5.41) is 2.29. The molecule has 1 aromatic carbocycles. The third-order valence-electron chi connectivity index (χ3n) is 2.18. The van der Waals surface area contributed by atoms with Crippen molar-refractivity contribution in [1.29, 1.82) is 0 Å². The van der Waals surface area contributed by atoms with E-state index >= 15 is 0 Å². The van der Waals surface area contributed by atoms with Crippen molar-refractivity contribution in [3.63, 3.8) is 0 Å². The number of nitrogens with one attached hydrogen (secondary N) is 1. The van der Waals surface area contributed by atoms with Crippen LogP contribution in [0.4, 0.5) is 19.3 Å². The predicted octanol–water partition coefficient (Wildman–Crippen LogP) is 3.37. The predicted molar refractivity (Wildman–Crippen MR) is 71.7 cm³/mol. The van der Waals surface area contributed by atoms with Crippen molar-refractivity contribution in [1.82, 2.24) is 0 Å². The molecule has 1 aromatic rings. The van der Waals surface area contributed by atoms with Gasteiger partial charge < -0.3 is 9.47 Å². The molecular weight excluding hydrogens is 284 g/mol. The van der Waals surface area contributed by atoms with Crippen molar-refractivity contribution in [2.45, 2.75) is 39.9 Å². The zero-order valence-corrected chi connectivity index (χ0v) is 12.3. The fraction of sp³-hybridized carbons (Fsp3) is 0.429. The summed E-state index contributed by atoms with van der Waals surface area (Å²) < 4.78 is 36.6. The molecule has 0 spiro atoms. The van der Waals surface area contributed by atoms with Gasteiger partial charge in [0.2, 0.25) is 0 Å². The molecular formula is C14H17F2NO4. The molecule has 0 aliphatic carbocycles. The molecule has 0 saturated carbocycles. The van der Waals surface area contributed by atoms with Gasteiger partial charge in [0, 0.05) is 24.2 Å². The second kappa shape index (κ2) is 6.51. The molecule has 1 N–H and O–H groups in total. The quantitative estimate of drug-likeness (QED) is 0.869. The molecule has 0 radical (unpaired) electrons. The summed E-state index contributed by atoms with van der Waals surface area (Å²) in [5.41, 5.74) is -0.898. The highest BCUT2D eigenvalue weighted by atomic mass is 19.2. The molecule has 5 nitrogen and oxygen atoms in total. The fourth-order valence-electron chi connectivity index (χ4n) is 1.42. The van der Waals surface area contributed by atoms with Crippen molar-refractivity contribution in [2.24, 2.45) is 0 Å². The van der Waals surface area contributed by atoms with Crippen LogP contribution in [0.5, 0.6) is 0 Å². The van der Waals surface area contributed by atoms with Gasteiger partial charge in [-0.15, -0.1) is 0 Å². The number of rotatable bonds is 3. The van der Waals surface area contributed by atoms with E-state index < -0.39 is 35.9 Å². The van der Waals surface area contributed by atoms with E-state index in [4.69, 9.17) is 4.74 Å². The van der Waals surface area contributed by atoms with Gasteiger partial charge in [-0.05, 0) is 26.8 Å². The maximum absolute atomic E-state index is 13.5. The molecule has 0 aliphatic rings. The first kappa shape index (κ1) is 16.9. The molecule has 0 aromatic heterocycles. The highest BCUT2D eigenvalue weighted by Gasteiger charge is 2.18. The lowest BCUT2D eigenvalue weighted by Gasteiger charge is -2.20. The maximum Gasteiger partial charge on any atom is 0.412 e. The lowest BCUT2D eigenvalue weighted by Crippen LogP contribution is -2.27. The minimum atomic E-state index is -1.16. The Bertz CT molecular complexity index is 553. The second-order valence-corrected chi connectivity index (χ2v) is 5.34. The van der Waals surface area contributed by atoms with E-state index in [1.54, 1.807) is 20.8 Å². The highest BCUT2D eigenvalue weighted by Crippen LogP contribution is 2.20. The van der Waals surface area contributed by atoms with Crippen molar-refractivity contribution in [3.8, 4) is 0 Å². The molecule has 1 rings (SSSR count). The lowest BCUT2D eigenvalue weighted by atomic mass is 10.2. The van der Waals surface area contributed by atoms with Gasteiger partial charge in [0.1, 0.15) is 12.2 Å². The van der Waals surface area contributed by atoms with Crippen molar-refractivity contribution >= 4 is 17.7 Å². The van der Waals surface area contributed by atoms with E-state index in [1.165, 1.54) is 6.07 Å². The number of ether oxygens (including phenoxy) is 2. The van der Waals surface area contributed by atoms with Gasteiger partial charge in [-0.2, -0.15) is 0 Å². The van der Waals surface area contributed by atoms with Crippen LogP contribution in [0.15, 0.2) is 12.1 Å². The number of hydrogen-bond donors (Lipinski definition) is 1. The summed E-state index contributed by atoms with van der Waals surface area (Å²) >= 11 is 0. The number of carbonyl (C=O) groups excluding carboxylic acids is 2. The molecule has 0 atom stereocenters. The molecule has 0 heterocycles. The molecule has 1 amide bonds. The number of benzene rings is 1. The first-order valence-corrected chi connectivity index (χ1v) is 6.20. The van der Waals surface area contributed by atoms with Crippen LogP contribution in [0.25, 0.3) is 0 Å². The van der Waals surface area contributed by atoms with Crippen LogP contribution < -0.4 is 5.32 Å². The van der Waals surface area contributed by atoms with E-state index in [-0.39, 0.29) is 11.3 Å². The van der Waals surface area contributed by atoms with Crippen LogP contribution >= 0.6 is 0 Å². The van der Waals surface area contributed by atoms with Crippen molar-refractivity contribution in [3.05, 3.63) is 29.3 Å². The largest absolute Gasteiger partial charge is 0.461 e. The van der Waals surface area contributed by atoms with Gasteiger partial charge in [0.15, 0.2) is 11.6 Å². The Morgan fingerprint density at radius 2 is 1.86 bits per heavy atom. The number of amides is 1. The Balaban J connectivity index is 2.88. The third-order valence-corrected chi connectivity index (χ3v) is 2.18. The molecule has 0 saturated heterocycles. The molecule has 21 heavy (non-hydrogen) atoms. The van der Waals surface area contributed by atoms with Crippen LogP contribution in [-0.2, 0) is 20.9 Å². The normalized spacial score (nSPS) is 11.0. The zero-order valence-electron chi connectivity index (χ0n) is 12.3. The number of carbonyl (C=O) groups is 2. The van der Waals surface area contributed by atoms with Gasteiger partial charge >= 0.3 is 12.1 Å². The van der Waals surface area contributed by atoms with Crippen LogP contribution in [0, 0.1) is 11.6 Å². The van der Waals surface area contributed by atoms with Gasteiger partial charge in [-0.1, -0.05) is 0 Å². The van der Waals surface area contributed by atoms with Gasteiger partial charge in [0.05, 0.1) is 0 Å². The van der Waals surface area contributed by atoms with E-state index in [2.05, 4.69) is 10.1 Å². The molecule has 0 fully saturated rings. The summed E-state index contributed by atoms with van der Waals surface area (Å²) in [4.78, 5) is 22.3. The van der Waals surface area contributed by atoms with Gasteiger partial charge in [-0.3, -0.25) is 10.1 Å². The average molecular weight is 301 g/mol. The highest BCUT2D eigenvalue weighted by molar-refractivity contribution is 5.85. The standard InChI is InChI=1S/C14H17F2NO4/c1-8(18)20-7-9-5-10(6-11(15)12(9)16)17-13(19)21-14(2,3)4/h5-6H,7H2,1-4H3,(H,17,19). The van der Waals surface area contributed by atoms with Crippen LogP contribution in [0.1, 0.15) is 33.3 Å². The number of esters is 1. The summed E-state index contributed by atoms with van der Waals surface area (Å²) in [6.45, 7) is 5.73. The smallest absolute Gasteiger partial charge is 0.412 e. The fourth-order valence-corrected chi connectivity index (χ4v) is 1.42. The minimum Gasteiger partial charge on any atom is -0.461 e. The first-order chi connectivity index (χ1) is 9.58. The Hall–Kier alpha value is -2.18. The van der Waals surface area contributed by atoms with Crippen LogP contribution in [0.2, 0.25) is 0 Å². The SMILES string of the molecule is CC(=O)OCc1cc(NC(=O)OC(C)(C)C)cc(F)c1F. The molecule has 0 bridgehead atoms. The van der Waals surface area contributed by atoms with Crippen molar-refractivity contribution < 1.29 is 27.8 Å². The second-order valence-electron chi connectivity index (χ2n) is 5.34. The number of hydrogen-bond acceptors (Lipinski definition) is 4. The molecule has 0 aliphatic heterocycles. The minimum absolute atomic E-state index is 0.00491. The number of halogens is 2. The molecule has 116 valence electrons. The van der Waals surface area contributed by atoms with Gasteiger partial charge in [-0.25, -0.2) is 13.6 Å². The Labute approximate surface area is 121 Å². The van der Waals surface area contributed by atoms with E-state index in [1.807, 2.05) is 0 Å². The van der Waals surface area contributed by atoms with Gasteiger partial charge in [0.25, 0.3) is 0 Å². The van der Waals surface area contributed by atoms with Crippen LogP contribution in [-0.4, -0.2) is 17.7 Å². The first-order valence-electron chi connectivity index (χ1n) is 6.20. The zero-order chi connectivity index (χ0) is 16.2. The Morgan fingerprint density at radius 3 is 2.38 bits per heavy atom. The van der Waals surface area contributed by atoms with E-state index in [0.29, 0.717) is 0 Å². The number of anilines is 1. The summed E-state index contributed by atoms with van der Waals surface area (Å²) in [6.07, 6.45) is -0.799. The molecule has 7 heteroatoms.